The van der Waals surface area contributed by atoms with Crippen LogP contribution in [-0.2, 0) is 0 Å². The lowest BCUT2D eigenvalue weighted by Gasteiger charge is -2.08. The zero-order chi connectivity index (χ0) is 14.1. The quantitative estimate of drug-likeness (QED) is 0.659. The Kier molecular flexibility index (Phi) is 6.23. The normalized spacial score (nSPS) is 10.7. The van der Waals surface area contributed by atoms with E-state index in [4.69, 9.17) is 9.84 Å². The monoisotopic (exact) mass is 272 g/mol. The molecule has 0 saturated carbocycles. The van der Waals surface area contributed by atoms with E-state index >= 15 is 0 Å². The van der Waals surface area contributed by atoms with Crippen LogP contribution in [0.2, 0.25) is 0 Å². The van der Waals surface area contributed by atoms with Crippen LogP contribution >= 0.6 is 0 Å². The minimum absolute atomic E-state index is 0.000628. The molecule has 5 heteroatoms. The maximum atomic E-state index is 11.9. The van der Waals surface area contributed by atoms with E-state index in [1.165, 1.54) is 0 Å². The average molecular weight is 272 g/mol. The Morgan fingerprint density at radius 2 is 2.05 bits per heavy atom. The number of ether oxygens (including phenoxy) is 1. The third-order valence-corrected chi connectivity index (χ3v) is 2.18. The summed E-state index contributed by atoms with van der Waals surface area (Å²) in [6.07, 6.45) is -4.66. The first kappa shape index (κ1) is 15.4. The van der Waals surface area contributed by atoms with Gasteiger partial charge in [-0.15, -0.1) is 0 Å². The van der Waals surface area contributed by atoms with Gasteiger partial charge < -0.3 is 9.84 Å². The first-order chi connectivity index (χ1) is 9.01. The van der Waals surface area contributed by atoms with Crippen molar-refractivity contribution in [3.8, 4) is 17.6 Å². The Bertz CT molecular complexity index is 444. The molecule has 0 radical (unpaired) electrons. The smallest absolute Gasteiger partial charge is 0.389 e. The SMILES string of the molecule is OCCC#Cc1cccc(OCCCC(F)(F)F)c1. The van der Waals surface area contributed by atoms with Crippen molar-refractivity contribution >= 4 is 0 Å². The largest absolute Gasteiger partial charge is 0.494 e. The average Bonchev–Trinajstić information content (AvgIpc) is 2.35. The molecule has 1 aromatic rings. The van der Waals surface area contributed by atoms with Crippen LogP contribution in [0, 0.1) is 11.8 Å². The molecule has 1 N–H and O–H groups in total. The molecule has 0 bridgehead atoms. The molecule has 0 fully saturated rings. The van der Waals surface area contributed by atoms with Crippen LogP contribution in [-0.4, -0.2) is 24.5 Å². The summed E-state index contributed by atoms with van der Waals surface area (Å²) in [5.74, 6) is 6.09. The summed E-state index contributed by atoms with van der Waals surface area (Å²) in [5.41, 5.74) is 0.710. The van der Waals surface area contributed by atoms with E-state index in [1.54, 1.807) is 24.3 Å². The molecule has 0 aliphatic rings. The lowest BCUT2D eigenvalue weighted by atomic mass is 10.2. The molecule has 0 saturated heterocycles. The highest BCUT2D eigenvalue weighted by molar-refractivity contribution is 5.39. The van der Waals surface area contributed by atoms with Crippen molar-refractivity contribution in [1.29, 1.82) is 0 Å². The van der Waals surface area contributed by atoms with E-state index in [0.29, 0.717) is 17.7 Å². The first-order valence-corrected chi connectivity index (χ1v) is 5.90. The first-order valence-electron chi connectivity index (χ1n) is 5.90. The van der Waals surface area contributed by atoms with Crippen molar-refractivity contribution in [3.05, 3.63) is 29.8 Å². The van der Waals surface area contributed by atoms with E-state index < -0.39 is 12.6 Å². The molecule has 0 spiro atoms. The predicted octanol–water partition coefficient (Wildman–Crippen LogP) is 3.14. The van der Waals surface area contributed by atoms with Crippen LogP contribution in [0.15, 0.2) is 24.3 Å². The third-order valence-electron chi connectivity index (χ3n) is 2.18. The third kappa shape index (κ3) is 7.37. The van der Waals surface area contributed by atoms with Gasteiger partial charge in [-0.05, 0) is 24.6 Å². The van der Waals surface area contributed by atoms with Crippen LogP contribution in [0.4, 0.5) is 13.2 Å². The predicted molar refractivity (Wildman–Crippen MR) is 65.8 cm³/mol. The highest BCUT2D eigenvalue weighted by Gasteiger charge is 2.26. The van der Waals surface area contributed by atoms with Crippen molar-refractivity contribution < 1.29 is 23.0 Å². The molecular formula is C14H15F3O2. The molecule has 0 aliphatic heterocycles. The number of rotatable bonds is 5. The van der Waals surface area contributed by atoms with Crippen LogP contribution in [0.25, 0.3) is 0 Å². The zero-order valence-corrected chi connectivity index (χ0v) is 10.3. The molecule has 1 aromatic carbocycles. The Labute approximate surface area is 110 Å². The molecular weight excluding hydrogens is 257 g/mol. The number of hydrogen-bond donors (Lipinski definition) is 1. The number of aliphatic hydroxyl groups excluding tert-OH is 1. The summed E-state index contributed by atoms with van der Waals surface area (Å²) < 4.78 is 41.0. The van der Waals surface area contributed by atoms with Gasteiger partial charge in [0.1, 0.15) is 5.75 Å². The van der Waals surface area contributed by atoms with Crippen molar-refractivity contribution in [2.24, 2.45) is 0 Å². The van der Waals surface area contributed by atoms with Gasteiger partial charge in [0, 0.05) is 18.4 Å². The van der Waals surface area contributed by atoms with Gasteiger partial charge in [-0.3, -0.25) is 0 Å². The summed E-state index contributed by atoms with van der Waals surface area (Å²) in [4.78, 5) is 0. The minimum Gasteiger partial charge on any atom is -0.494 e. The van der Waals surface area contributed by atoms with E-state index in [1.807, 2.05) is 0 Å². The lowest BCUT2D eigenvalue weighted by molar-refractivity contribution is -0.136. The summed E-state index contributed by atoms with van der Waals surface area (Å²) in [6, 6.07) is 6.83. The van der Waals surface area contributed by atoms with Crippen molar-refractivity contribution in [2.45, 2.75) is 25.4 Å². The number of hydrogen-bond acceptors (Lipinski definition) is 2. The van der Waals surface area contributed by atoms with Crippen LogP contribution in [0.5, 0.6) is 5.75 Å². The van der Waals surface area contributed by atoms with E-state index in [0.717, 1.165) is 0 Å². The van der Waals surface area contributed by atoms with Crippen molar-refractivity contribution in [2.75, 3.05) is 13.2 Å². The number of halogens is 3. The highest BCUT2D eigenvalue weighted by atomic mass is 19.4. The highest BCUT2D eigenvalue weighted by Crippen LogP contribution is 2.21. The summed E-state index contributed by atoms with van der Waals surface area (Å²) >= 11 is 0. The zero-order valence-electron chi connectivity index (χ0n) is 10.3. The second kappa shape index (κ2) is 7.70. The van der Waals surface area contributed by atoms with Crippen molar-refractivity contribution in [1.82, 2.24) is 0 Å². The molecule has 1 rings (SSSR count). The second-order valence-corrected chi connectivity index (χ2v) is 3.87. The standard InChI is InChI=1S/C14H15F3O2/c15-14(16,17)8-4-10-19-13-7-3-6-12(11-13)5-1-2-9-18/h3,6-7,11,18H,2,4,8-10H2. The molecule has 19 heavy (non-hydrogen) atoms. The van der Waals surface area contributed by atoms with E-state index in [9.17, 15) is 13.2 Å². The van der Waals surface area contributed by atoms with Gasteiger partial charge in [0.05, 0.1) is 13.2 Å². The topological polar surface area (TPSA) is 29.5 Å². The fraction of sp³-hybridized carbons (Fsp3) is 0.429. The summed E-state index contributed by atoms with van der Waals surface area (Å²) in [7, 11) is 0. The number of aliphatic hydroxyl groups is 1. The van der Waals surface area contributed by atoms with Gasteiger partial charge in [0.2, 0.25) is 0 Å². The van der Waals surface area contributed by atoms with Crippen LogP contribution in [0.1, 0.15) is 24.8 Å². The van der Waals surface area contributed by atoms with Crippen molar-refractivity contribution in [3.63, 3.8) is 0 Å². The van der Waals surface area contributed by atoms with Gasteiger partial charge in [-0.2, -0.15) is 13.2 Å². The molecule has 0 aliphatic carbocycles. The minimum atomic E-state index is -4.14. The lowest BCUT2D eigenvalue weighted by Crippen LogP contribution is -2.09. The van der Waals surface area contributed by atoms with E-state index in [2.05, 4.69) is 11.8 Å². The fourth-order valence-corrected chi connectivity index (χ4v) is 1.35. The van der Waals surface area contributed by atoms with Gasteiger partial charge in [0.25, 0.3) is 0 Å². The molecule has 0 unspecified atom stereocenters. The fourth-order valence-electron chi connectivity index (χ4n) is 1.35. The summed E-state index contributed by atoms with van der Waals surface area (Å²) in [6.45, 7) is 0.0215. The van der Waals surface area contributed by atoms with E-state index in [-0.39, 0.29) is 19.6 Å². The van der Waals surface area contributed by atoms with Gasteiger partial charge in [-0.25, -0.2) is 0 Å². The molecule has 0 atom stereocenters. The number of alkyl halides is 3. The Morgan fingerprint density at radius 1 is 1.26 bits per heavy atom. The Hall–Kier alpha value is -1.67. The Balaban J connectivity index is 2.43. The molecule has 2 nitrogen and oxygen atoms in total. The number of benzene rings is 1. The molecule has 0 heterocycles. The molecule has 0 aromatic heterocycles. The maximum Gasteiger partial charge on any atom is 0.389 e. The Morgan fingerprint density at radius 3 is 2.74 bits per heavy atom. The van der Waals surface area contributed by atoms with Gasteiger partial charge in [-0.1, -0.05) is 17.9 Å². The van der Waals surface area contributed by atoms with Gasteiger partial charge in [0.15, 0.2) is 0 Å². The van der Waals surface area contributed by atoms with Crippen LogP contribution < -0.4 is 4.74 Å². The van der Waals surface area contributed by atoms with Crippen LogP contribution in [0.3, 0.4) is 0 Å². The van der Waals surface area contributed by atoms with Gasteiger partial charge >= 0.3 is 6.18 Å². The second-order valence-electron chi connectivity index (χ2n) is 3.87. The molecule has 104 valence electrons. The summed E-state index contributed by atoms with van der Waals surface area (Å²) in [5, 5.41) is 8.59. The maximum absolute atomic E-state index is 11.9. The molecule has 0 amide bonds.